The Labute approximate surface area is 189 Å². The van der Waals surface area contributed by atoms with Gasteiger partial charge in [-0.2, -0.15) is 0 Å². The fraction of sp³-hybridized carbons (Fsp3) is 0.440. The van der Waals surface area contributed by atoms with E-state index < -0.39 is 12.1 Å². The molecule has 3 rings (SSSR count). The number of esters is 1. The van der Waals surface area contributed by atoms with Crippen LogP contribution in [-0.4, -0.2) is 50.1 Å². The fourth-order valence-corrected chi connectivity index (χ4v) is 5.08. The maximum absolute atomic E-state index is 13.8. The molecule has 1 aliphatic heterocycles. The number of ether oxygens (including phenoxy) is 1. The lowest BCUT2D eigenvalue weighted by Crippen LogP contribution is -2.45. The van der Waals surface area contributed by atoms with Crippen LogP contribution < -0.4 is 4.90 Å². The maximum Gasteiger partial charge on any atom is 0.303 e. The van der Waals surface area contributed by atoms with Crippen molar-refractivity contribution >= 4 is 29.3 Å². The highest BCUT2D eigenvalue weighted by Gasteiger charge is 2.41. The number of benzene rings is 2. The number of aryl methyl sites for hydroxylation is 3. The molecule has 0 saturated carbocycles. The smallest absolute Gasteiger partial charge is 0.303 e. The van der Waals surface area contributed by atoms with E-state index in [1.165, 1.54) is 18.1 Å². The van der Waals surface area contributed by atoms with Gasteiger partial charge in [0, 0.05) is 24.9 Å². The lowest BCUT2D eigenvalue weighted by molar-refractivity contribution is -0.152. The van der Waals surface area contributed by atoms with Crippen molar-refractivity contribution in [2.75, 3.05) is 32.1 Å². The minimum Gasteiger partial charge on any atom is -0.451 e. The summed E-state index contributed by atoms with van der Waals surface area (Å²) in [5.41, 5.74) is 5.43. The van der Waals surface area contributed by atoms with Gasteiger partial charge in [-0.25, -0.2) is 0 Å². The maximum atomic E-state index is 13.8. The molecule has 166 valence electrons. The van der Waals surface area contributed by atoms with Crippen molar-refractivity contribution in [1.82, 2.24) is 4.90 Å². The molecule has 5 nitrogen and oxygen atoms in total. The van der Waals surface area contributed by atoms with Gasteiger partial charge in [0.15, 0.2) is 6.10 Å². The number of anilines is 1. The van der Waals surface area contributed by atoms with Crippen LogP contribution in [0.15, 0.2) is 41.3 Å². The normalized spacial score (nSPS) is 18.7. The summed E-state index contributed by atoms with van der Waals surface area (Å²) in [6.45, 7) is 8.87. The van der Waals surface area contributed by atoms with Crippen molar-refractivity contribution in [1.29, 1.82) is 0 Å². The quantitative estimate of drug-likeness (QED) is 0.618. The highest BCUT2D eigenvalue weighted by Crippen LogP contribution is 2.47. The van der Waals surface area contributed by atoms with Crippen LogP contribution in [0.25, 0.3) is 0 Å². The minimum absolute atomic E-state index is 0.170. The van der Waals surface area contributed by atoms with E-state index in [1.54, 1.807) is 16.7 Å². The lowest BCUT2D eigenvalue weighted by atomic mass is 10.0. The van der Waals surface area contributed by atoms with Crippen molar-refractivity contribution in [3.8, 4) is 0 Å². The first kappa shape index (κ1) is 23.4. The summed E-state index contributed by atoms with van der Waals surface area (Å²) in [7, 11) is 3.97. The van der Waals surface area contributed by atoms with Gasteiger partial charge < -0.3 is 14.5 Å². The number of hydrogen-bond donors (Lipinski definition) is 0. The summed E-state index contributed by atoms with van der Waals surface area (Å²) in [6.07, 6.45) is 0.0643. The summed E-state index contributed by atoms with van der Waals surface area (Å²) in [5, 5.41) is -0.312. The van der Waals surface area contributed by atoms with Gasteiger partial charge in [-0.15, -0.1) is 11.8 Å². The number of amides is 1. The van der Waals surface area contributed by atoms with Crippen LogP contribution >= 0.6 is 11.8 Å². The summed E-state index contributed by atoms with van der Waals surface area (Å²) < 4.78 is 5.67. The molecule has 0 fully saturated rings. The molecule has 0 bridgehead atoms. The van der Waals surface area contributed by atoms with E-state index in [-0.39, 0.29) is 11.2 Å². The van der Waals surface area contributed by atoms with E-state index >= 15 is 0 Å². The molecule has 0 radical (unpaired) electrons. The second-order valence-electron chi connectivity index (χ2n) is 8.36. The molecular formula is C25H32N2O3S. The molecule has 2 aromatic rings. The van der Waals surface area contributed by atoms with Crippen molar-refractivity contribution in [3.63, 3.8) is 0 Å². The van der Waals surface area contributed by atoms with Gasteiger partial charge in [-0.1, -0.05) is 31.2 Å². The Hall–Kier alpha value is -2.31. The predicted molar refractivity (Wildman–Crippen MR) is 127 cm³/mol. The first-order chi connectivity index (χ1) is 14.7. The van der Waals surface area contributed by atoms with Gasteiger partial charge in [0.25, 0.3) is 5.91 Å². The van der Waals surface area contributed by atoms with Gasteiger partial charge in [-0.3, -0.25) is 9.59 Å². The van der Waals surface area contributed by atoms with Gasteiger partial charge in [0.1, 0.15) is 0 Å². The number of nitrogens with zero attached hydrogens (tertiary/aromatic N) is 2. The van der Waals surface area contributed by atoms with E-state index in [2.05, 4.69) is 57.2 Å². The molecule has 0 unspecified atom stereocenters. The van der Waals surface area contributed by atoms with Crippen molar-refractivity contribution in [2.24, 2.45) is 0 Å². The largest absolute Gasteiger partial charge is 0.451 e. The Bertz CT molecular complexity index is 956. The van der Waals surface area contributed by atoms with Crippen LogP contribution in [0.2, 0.25) is 0 Å². The molecule has 2 atom stereocenters. The Balaban J connectivity index is 2.13. The molecule has 0 saturated heterocycles. The van der Waals surface area contributed by atoms with Crippen LogP contribution in [-0.2, 0) is 20.7 Å². The molecule has 1 amide bonds. The van der Waals surface area contributed by atoms with E-state index in [1.807, 2.05) is 19.0 Å². The minimum atomic E-state index is -0.884. The number of hydrogen-bond acceptors (Lipinski definition) is 5. The number of rotatable bonds is 6. The molecule has 1 aliphatic rings. The van der Waals surface area contributed by atoms with Gasteiger partial charge in [-0.05, 0) is 68.8 Å². The zero-order valence-corrected chi connectivity index (χ0v) is 20.1. The van der Waals surface area contributed by atoms with Crippen LogP contribution in [0.5, 0.6) is 0 Å². The average molecular weight is 441 g/mol. The summed E-state index contributed by atoms with van der Waals surface area (Å²) >= 11 is 1.61. The van der Waals surface area contributed by atoms with E-state index in [9.17, 15) is 9.59 Å². The Kier molecular flexibility index (Phi) is 7.44. The Morgan fingerprint density at radius 3 is 2.35 bits per heavy atom. The van der Waals surface area contributed by atoms with Crippen LogP contribution in [0.3, 0.4) is 0 Å². The Morgan fingerprint density at radius 2 is 1.77 bits per heavy atom. The molecule has 6 heteroatoms. The monoisotopic (exact) mass is 440 g/mol. The van der Waals surface area contributed by atoms with Crippen molar-refractivity contribution in [3.05, 3.63) is 58.7 Å². The molecule has 0 aliphatic carbocycles. The van der Waals surface area contributed by atoms with E-state index in [0.29, 0.717) is 13.1 Å². The van der Waals surface area contributed by atoms with E-state index in [4.69, 9.17) is 4.74 Å². The SMILES string of the molecule is CCc1ccc([C@H]2Sc3cc(C)c(C)cc3N(CCN(C)C)C(=O)[C@H]2OC(C)=O)cc1. The summed E-state index contributed by atoms with van der Waals surface area (Å²) in [6, 6.07) is 12.5. The molecule has 2 aromatic carbocycles. The third kappa shape index (κ3) is 5.31. The summed E-state index contributed by atoms with van der Waals surface area (Å²) in [4.78, 5) is 30.6. The van der Waals surface area contributed by atoms with Crippen LogP contribution in [0.1, 0.15) is 41.4 Å². The predicted octanol–water partition coefficient (Wildman–Crippen LogP) is 4.54. The molecule has 1 heterocycles. The van der Waals surface area contributed by atoms with E-state index in [0.717, 1.165) is 28.1 Å². The van der Waals surface area contributed by atoms with Gasteiger partial charge in [0.05, 0.1) is 10.9 Å². The fourth-order valence-electron chi connectivity index (χ4n) is 3.69. The first-order valence-electron chi connectivity index (χ1n) is 10.7. The topological polar surface area (TPSA) is 49.9 Å². The number of carbonyl (C=O) groups is 2. The second-order valence-corrected chi connectivity index (χ2v) is 9.54. The number of fused-ring (bicyclic) bond motifs is 1. The molecule has 31 heavy (non-hydrogen) atoms. The zero-order chi connectivity index (χ0) is 22.7. The van der Waals surface area contributed by atoms with Crippen molar-refractivity contribution < 1.29 is 14.3 Å². The van der Waals surface area contributed by atoms with Gasteiger partial charge >= 0.3 is 5.97 Å². The average Bonchev–Trinajstić information content (AvgIpc) is 2.82. The molecule has 0 aromatic heterocycles. The van der Waals surface area contributed by atoms with Gasteiger partial charge in [0.2, 0.25) is 0 Å². The van der Waals surface area contributed by atoms with Crippen molar-refractivity contribution in [2.45, 2.75) is 50.4 Å². The zero-order valence-electron chi connectivity index (χ0n) is 19.3. The third-order valence-electron chi connectivity index (χ3n) is 5.68. The third-order valence-corrected chi connectivity index (χ3v) is 7.04. The molecule has 0 spiro atoms. The van der Waals surface area contributed by atoms with Crippen LogP contribution in [0.4, 0.5) is 5.69 Å². The highest BCUT2D eigenvalue weighted by atomic mass is 32.2. The summed E-state index contributed by atoms with van der Waals surface area (Å²) in [5.74, 6) is -0.615. The first-order valence-corrected chi connectivity index (χ1v) is 11.6. The lowest BCUT2D eigenvalue weighted by Gasteiger charge is -2.28. The number of carbonyl (C=O) groups excluding carboxylic acids is 2. The molecule has 0 N–H and O–H groups in total. The highest BCUT2D eigenvalue weighted by molar-refractivity contribution is 7.99. The number of likely N-dealkylation sites (N-methyl/N-ethyl adjacent to an activating group) is 1. The number of thioether (sulfide) groups is 1. The Morgan fingerprint density at radius 1 is 1.13 bits per heavy atom. The van der Waals surface area contributed by atoms with Crippen LogP contribution in [0, 0.1) is 13.8 Å². The standard InChI is InChI=1S/C25H32N2O3S/c1-7-19-8-10-20(11-9-19)24-23(30-18(4)28)25(29)27(13-12-26(5)6)21-14-16(2)17(3)15-22(21)31-24/h8-11,14-15,23-24H,7,12-13H2,1-6H3/t23-,24+/m0/s1. The second kappa shape index (κ2) is 9.88. The molecular weight excluding hydrogens is 408 g/mol.